The molecule has 5 nitrogen and oxygen atoms in total. The third kappa shape index (κ3) is 3.20. The molecular formula is C19H20N4O. The fourth-order valence-electron chi connectivity index (χ4n) is 2.65. The molecule has 0 saturated carbocycles. The van der Waals surface area contributed by atoms with E-state index in [4.69, 9.17) is 0 Å². The van der Waals surface area contributed by atoms with Crippen LogP contribution < -0.4 is 5.32 Å². The second-order valence-corrected chi connectivity index (χ2v) is 5.87. The van der Waals surface area contributed by atoms with Gasteiger partial charge in [-0.05, 0) is 45.0 Å². The Balaban J connectivity index is 1.80. The van der Waals surface area contributed by atoms with Crippen molar-refractivity contribution in [1.29, 1.82) is 0 Å². The molecule has 5 heteroatoms. The summed E-state index contributed by atoms with van der Waals surface area (Å²) in [6, 6.07) is 11.6. The predicted molar refractivity (Wildman–Crippen MR) is 93.2 cm³/mol. The number of amides is 1. The Hall–Kier alpha value is -2.95. The largest absolute Gasteiger partial charge is 0.345 e. The summed E-state index contributed by atoms with van der Waals surface area (Å²) in [5, 5.41) is 7.46. The van der Waals surface area contributed by atoms with Gasteiger partial charge in [-0.3, -0.25) is 9.78 Å². The molecule has 2 heterocycles. The number of carbonyl (C=O) groups excluding carboxylic acids is 1. The minimum atomic E-state index is -0.142. The molecule has 0 bridgehead atoms. The zero-order valence-corrected chi connectivity index (χ0v) is 14.0. The Morgan fingerprint density at radius 1 is 1.12 bits per heavy atom. The molecule has 1 atom stereocenters. The third-order valence-corrected chi connectivity index (χ3v) is 4.06. The lowest BCUT2D eigenvalue weighted by atomic mass is 10.1. The number of pyridine rings is 1. The SMILES string of the molecule is Cc1ccc(-n2ncc([C@@H](C)NC(=O)c3cccnc3)c2C)cc1. The number of aryl methyl sites for hydroxylation is 1. The molecule has 0 aliphatic heterocycles. The highest BCUT2D eigenvalue weighted by molar-refractivity contribution is 5.94. The first-order valence-corrected chi connectivity index (χ1v) is 7.88. The molecule has 1 N–H and O–H groups in total. The molecule has 1 amide bonds. The number of carbonyl (C=O) groups is 1. The number of hydrogen-bond acceptors (Lipinski definition) is 3. The smallest absolute Gasteiger partial charge is 0.253 e. The van der Waals surface area contributed by atoms with Crippen LogP contribution in [0.3, 0.4) is 0 Å². The van der Waals surface area contributed by atoms with Crippen molar-refractivity contribution in [1.82, 2.24) is 20.1 Å². The van der Waals surface area contributed by atoms with Crippen LogP contribution in [0.5, 0.6) is 0 Å². The zero-order chi connectivity index (χ0) is 17.1. The van der Waals surface area contributed by atoms with E-state index in [-0.39, 0.29) is 11.9 Å². The van der Waals surface area contributed by atoms with E-state index in [2.05, 4.69) is 34.5 Å². The highest BCUT2D eigenvalue weighted by Gasteiger charge is 2.17. The average Bonchev–Trinajstić information content (AvgIpc) is 2.98. The number of nitrogens with one attached hydrogen (secondary N) is 1. The zero-order valence-electron chi connectivity index (χ0n) is 14.0. The van der Waals surface area contributed by atoms with Crippen LogP contribution in [0.1, 0.15) is 40.1 Å². The summed E-state index contributed by atoms with van der Waals surface area (Å²) in [4.78, 5) is 16.3. The second-order valence-electron chi connectivity index (χ2n) is 5.87. The molecule has 3 rings (SSSR count). The van der Waals surface area contributed by atoms with Crippen molar-refractivity contribution in [3.05, 3.63) is 77.4 Å². The standard InChI is InChI=1S/C19H20N4O/c1-13-6-8-17(9-7-13)23-15(3)18(12-21-23)14(2)22-19(24)16-5-4-10-20-11-16/h4-12,14H,1-3H3,(H,22,24)/t14-/m1/s1. The van der Waals surface area contributed by atoms with E-state index >= 15 is 0 Å². The van der Waals surface area contributed by atoms with Gasteiger partial charge in [-0.15, -0.1) is 0 Å². The summed E-state index contributed by atoms with van der Waals surface area (Å²) in [7, 11) is 0. The van der Waals surface area contributed by atoms with E-state index in [1.165, 1.54) is 5.56 Å². The maximum absolute atomic E-state index is 12.3. The van der Waals surface area contributed by atoms with Gasteiger partial charge in [0.15, 0.2) is 0 Å². The van der Waals surface area contributed by atoms with Crippen LogP contribution in [0.4, 0.5) is 0 Å². The van der Waals surface area contributed by atoms with Gasteiger partial charge in [-0.25, -0.2) is 4.68 Å². The molecule has 0 saturated heterocycles. The molecule has 2 aromatic heterocycles. The van der Waals surface area contributed by atoms with Crippen LogP contribution in [0.25, 0.3) is 5.69 Å². The number of hydrogen-bond donors (Lipinski definition) is 1. The second kappa shape index (κ2) is 6.66. The Morgan fingerprint density at radius 2 is 1.88 bits per heavy atom. The fraction of sp³-hybridized carbons (Fsp3) is 0.211. The molecular weight excluding hydrogens is 300 g/mol. The first-order valence-electron chi connectivity index (χ1n) is 7.88. The molecule has 0 unspecified atom stereocenters. The van der Waals surface area contributed by atoms with Crippen molar-refractivity contribution in [2.75, 3.05) is 0 Å². The minimum Gasteiger partial charge on any atom is -0.345 e. The van der Waals surface area contributed by atoms with Gasteiger partial charge in [-0.1, -0.05) is 17.7 Å². The normalized spacial score (nSPS) is 12.0. The summed E-state index contributed by atoms with van der Waals surface area (Å²) < 4.78 is 1.89. The van der Waals surface area contributed by atoms with Gasteiger partial charge < -0.3 is 5.32 Å². The van der Waals surface area contributed by atoms with E-state index in [0.717, 1.165) is 16.9 Å². The van der Waals surface area contributed by atoms with Crippen molar-refractivity contribution in [3.63, 3.8) is 0 Å². The molecule has 0 spiro atoms. The fourth-order valence-corrected chi connectivity index (χ4v) is 2.65. The number of aromatic nitrogens is 3. The third-order valence-electron chi connectivity index (χ3n) is 4.06. The summed E-state index contributed by atoms with van der Waals surface area (Å²) in [6.07, 6.45) is 5.02. The summed E-state index contributed by atoms with van der Waals surface area (Å²) in [5.74, 6) is -0.141. The van der Waals surface area contributed by atoms with Crippen LogP contribution in [0.2, 0.25) is 0 Å². The first kappa shape index (κ1) is 15.9. The number of nitrogens with zero attached hydrogens (tertiary/aromatic N) is 3. The minimum absolute atomic E-state index is 0.141. The van der Waals surface area contributed by atoms with Gasteiger partial charge >= 0.3 is 0 Å². The maximum Gasteiger partial charge on any atom is 0.253 e. The summed E-state index contributed by atoms with van der Waals surface area (Å²) in [5.41, 5.74) is 4.77. The molecule has 0 aliphatic rings. The Bertz CT molecular complexity index is 838. The lowest BCUT2D eigenvalue weighted by Gasteiger charge is -2.14. The molecule has 0 aliphatic carbocycles. The topological polar surface area (TPSA) is 59.8 Å². The summed E-state index contributed by atoms with van der Waals surface area (Å²) in [6.45, 7) is 6.02. The maximum atomic E-state index is 12.3. The van der Waals surface area contributed by atoms with E-state index < -0.39 is 0 Å². The molecule has 122 valence electrons. The van der Waals surface area contributed by atoms with Crippen molar-refractivity contribution >= 4 is 5.91 Å². The lowest BCUT2D eigenvalue weighted by molar-refractivity contribution is 0.0939. The van der Waals surface area contributed by atoms with Gasteiger partial charge in [0.1, 0.15) is 0 Å². The van der Waals surface area contributed by atoms with E-state index in [1.807, 2.05) is 36.9 Å². The Kier molecular flexibility index (Phi) is 4.42. The van der Waals surface area contributed by atoms with Crippen LogP contribution in [0, 0.1) is 13.8 Å². The highest BCUT2D eigenvalue weighted by atomic mass is 16.1. The molecule has 1 aromatic carbocycles. The van der Waals surface area contributed by atoms with Crippen molar-refractivity contribution in [2.45, 2.75) is 26.8 Å². The van der Waals surface area contributed by atoms with Gasteiger partial charge in [-0.2, -0.15) is 5.10 Å². The van der Waals surface area contributed by atoms with Gasteiger partial charge in [0.05, 0.1) is 23.5 Å². The number of benzene rings is 1. The van der Waals surface area contributed by atoms with Crippen LogP contribution in [-0.2, 0) is 0 Å². The van der Waals surface area contributed by atoms with Gasteiger partial charge in [0, 0.05) is 23.7 Å². The van der Waals surface area contributed by atoms with Crippen molar-refractivity contribution < 1.29 is 4.79 Å². The Labute approximate surface area is 141 Å². The monoisotopic (exact) mass is 320 g/mol. The van der Waals surface area contributed by atoms with Gasteiger partial charge in [0.25, 0.3) is 5.91 Å². The molecule has 24 heavy (non-hydrogen) atoms. The van der Waals surface area contributed by atoms with Crippen molar-refractivity contribution in [2.24, 2.45) is 0 Å². The summed E-state index contributed by atoms with van der Waals surface area (Å²) >= 11 is 0. The number of rotatable bonds is 4. The molecule has 0 fully saturated rings. The highest BCUT2D eigenvalue weighted by Crippen LogP contribution is 2.20. The average molecular weight is 320 g/mol. The molecule has 0 radical (unpaired) electrons. The predicted octanol–water partition coefficient (Wildman–Crippen LogP) is 3.38. The van der Waals surface area contributed by atoms with Crippen LogP contribution in [0.15, 0.2) is 55.0 Å². The van der Waals surface area contributed by atoms with E-state index in [0.29, 0.717) is 5.56 Å². The quantitative estimate of drug-likeness (QED) is 0.802. The van der Waals surface area contributed by atoms with Crippen LogP contribution >= 0.6 is 0 Å². The van der Waals surface area contributed by atoms with Gasteiger partial charge in [0.2, 0.25) is 0 Å². The first-order chi connectivity index (χ1) is 11.6. The molecule has 3 aromatic rings. The lowest BCUT2D eigenvalue weighted by Crippen LogP contribution is -2.27. The van der Waals surface area contributed by atoms with Crippen molar-refractivity contribution in [3.8, 4) is 5.69 Å². The Morgan fingerprint density at radius 3 is 2.54 bits per heavy atom. The van der Waals surface area contributed by atoms with Crippen LogP contribution in [-0.4, -0.2) is 20.7 Å². The van der Waals surface area contributed by atoms with E-state index in [1.54, 1.807) is 24.5 Å². The van der Waals surface area contributed by atoms with E-state index in [9.17, 15) is 4.79 Å².